The molecule has 0 aliphatic carbocycles. The molecular weight excluding hydrogens is 507 g/mol. The van der Waals surface area contributed by atoms with Crippen LogP contribution in [-0.4, -0.2) is 23.9 Å². The third-order valence-corrected chi connectivity index (χ3v) is 5.03. The van der Waals surface area contributed by atoms with Crippen LogP contribution in [0.3, 0.4) is 0 Å². The van der Waals surface area contributed by atoms with Crippen LogP contribution < -0.4 is 18.9 Å². The van der Waals surface area contributed by atoms with Gasteiger partial charge in [-0.25, -0.2) is 23.6 Å². The van der Waals surface area contributed by atoms with E-state index in [1.165, 1.54) is 24.3 Å². The Balaban J connectivity index is 2.00. The first-order valence-electron chi connectivity index (χ1n) is 11.1. The van der Waals surface area contributed by atoms with E-state index in [-0.39, 0.29) is 22.8 Å². The zero-order valence-corrected chi connectivity index (χ0v) is 20.5. The van der Waals surface area contributed by atoms with E-state index in [1.54, 1.807) is 30.3 Å². The molecule has 0 heterocycles. The van der Waals surface area contributed by atoms with Crippen LogP contribution in [0.2, 0.25) is 0 Å². The van der Waals surface area contributed by atoms with Gasteiger partial charge in [0.15, 0.2) is 23.1 Å². The number of carbonyl (C=O) groups is 4. The second-order valence-electron chi connectivity index (χ2n) is 7.49. The monoisotopic (exact) mass is 528 g/mol. The number of benzene rings is 3. The molecule has 0 spiro atoms. The van der Waals surface area contributed by atoms with Crippen molar-refractivity contribution in [1.82, 2.24) is 0 Å². The summed E-state index contributed by atoms with van der Waals surface area (Å²) in [7, 11) is 0. The van der Waals surface area contributed by atoms with E-state index in [0.717, 1.165) is 24.3 Å². The molecule has 0 saturated heterocycles. The zero-order valence-electron chi connectivity index (χ0n) is 20.5. The molecule has 0 atom stereocenters. The third-order valence-electron chi connectivity index (χ3n) is 5.03. The molecule has 39 heavy (non-hydrogen) atoms. The lowest BCUT2D eigenvalue weighted by molar-refractivity contribution is -0.131. The van der Waals surface area contributed by atoms with Crippen LogP contribution in [0, 0.1) is 5.82 Å². The Hall–Kier alpha value is -5.57. The quantitative estimate of drug-likeness (QED) is 0.192. The molecule has 3 aromatic rings. The molecule has 0 N–H and O–H groups in total. The van der Waals surface area contributed by atoms with Gasteiger partial charge in [0.2, 0.25) is 5.75 Å². The molecule has 0 saturated carbocycles. The Bertz CT molecular complexity index is 1500. The van der Waals surface area contributed by atoms with Crippen molar-refractivity contribution < 1.29 is 42.5 Å². The van der Waals surface area contributed by atoms with Crippen LogP contribution in [0.4, 0.5) is 4.39 Å². The van der Waals surface area contributed by atoms with Gasteiger partial charge in [0.05, 0.1) is 0 Å². The lowest BCUT2D eigenvalue weighted by Crippen LogP contribution is -2.10. The molecule has 0 aromatic heterocycles. The summed E-state index contributed by atoms with van der Waals surface area (Å²) in [6.07, 6.45) is 3.64. The summed E-state index contributed by atoms with van der Waals surface area (Å²) < 4.78 is 35.8. The maximum absolute atomic E-state index is 15.4. The minimum Gasteiger partial charge on any atom is -0.419 e. The number of carbonyl (C=O) groups excluding carboxylic acids is 4. The fourth-order valence-electron chi connectivity index (χ4n) is 3.22. The predicted molar refractivity (Wildman–Crippen MR) is 141 cm³/mol. The second kappa shape index (κ2) is 12.6. The van der Waals surface area contributed by atoms with Gasteiger partial charge < -0.3 is 18.9 Å². The highest BCUT2D eigenvalue weighted by Crippen LogP contribution is 2.39. The van der Waals surface area contributed by atoms with Gasteiger partial charge in [0.25, 0.3) is 0 Å². The fraction of sp³-hybridized carbons (Fsp3) is 0. The van der Waals surface area contributed by atoms with Crippen LogP contribution in [0.25, 0.3) is 22.3 Å². The first-order chi connectivity index (χ1) is 18.7. The third kappa shape index (κ3) is 6.80. The SMILES string of the molecule is C=CC(=O)Oc1ccc(-c2ccc(-c3ccc(OC(=O)C=C)c(OC(=O)C=C)c3F)cc2)cc1OC(=O)C=C. The highest BCUT2D eigenvalue weighted by Gasteiger charge is 2.21. The van der Waals surface area contributed by atoms with Crippen LogP contribution in [0.15, 0.2) is 105 Å². The van der Waals surface area contributed by atoms with E-state index in [2.05, 4.69) is 26.3 Å². The molecule has 0 bridgehead atoms. The maximum atomic E-state index is 15.4. The van der Waals surface area contributed by atoms with Crippen molar-refractivity contribution in [2.75, 3.05) is 0 Å². The van der Waals surface area contributed by atoms with Crippen molar-refractivity contribution in [3.8, 4) is 45.3 Å². The van der Waals surface area contributed by atoms with Gasteiger partial charge in [-0.2, -0.15) is 0 Å². The van der Waals surface area contributed by atoms with Crippen molar-refractivity contribution in [1.29, 1.82) is 0 Å². The van der Waals surface area contributed by atoms with Crippen LogP contribution in [-0.2, 0) is 19.2 Å². The zero-order chi connectivity index (χ0) is 28.5. The molecular formula is C30H21FO8. The van der Waals surface area contributed by atoms with E-state index in [4.69, 9.17) is 18.9 Å². The van der Waals surface area contributed by atoms with Crippen LogP contribution in [0.1, 0.15) is 0 Å². The van der Waals surface area contributed by atoms with Gasteiger partial charge in [0, 0.05) is 29.9 Å². The van der Waals surface area contributed by atoms with Crippen LogP contribution in [0.5, 0.6) is 23.0 Å². The summed E-state index contributed by atoms with van der Waals surface area (Å²) in [5.41, 5.74) is 1.69. The second-order valence-corrected chi connectivity index (χ2v) is 7.49. The summed E-state index contributed by atoms with van der Waals surface area (Å²) in [6.45, 7) is 13.2. The average Bonchev–Trinajstić information content (AvgIpc) is 2.95. The maximum Gasteiger partial charge on any atom is 0.335 e. The first kappa shape index (κ1) is 28.0. The molecule has 0 unspecified atom stereocenters. The number of ether oxygens (including phenoxy) is 4. The van der Waals surface area contributed by atoms with Gasteiger partial charge in [-0.05, 0) is 41.0 Å². The molecule has 8 nitrogen and oxygen atoms in total. The van der Waals surface area contributed by atoms with Crippen LogP contribution >= 0.6 is 0 Å². The Morgan fingerprint density at radius 2 is 0.974 bits per heavy atom. The molecule has 0 radical (unpaired) electrons. The number of rotatable bonds is 10. The minimum atomic E-state index is -0.951. The van der Waals surface area contributed by atoms with Crippen molar-refractivity contribution in [2.24, 2.45) is 0 Å². The Labute approximate surface area is 222 Å². The Morgan fingerprint density at radius 1 is 0.538 bits per heavy atom. The molecule has 0 aliphatic heterocycles. The van der Waals surface area contributed by atoms with E-state index in [0.29, 0.717) is 16.7 Å². The highest BCUT2D eigenvalue weighted by molar-refractivity contribution is 5.88. The molecule has 0 aliphatic rings. The summed E-state index contributed by atoms with van der Waals surface area (Å²) in [6, 6.07) is 13.7. The van der Waals surface area contributed by atoms with Crippen molar-refractivity contribution in [2.45, 2.75) is 0 Å². The molecule has 9 heteroatoms. The molecule has 196 valence electrons. The molecule has 3 aromatic carbocycles. The van der Waals surface area contributed by atoms with E-state index >= 15 is 4.39 Å². The van der Waals surface area contributed by atoms with Crippen molar-refractivity contribution in [3.05, 3.63) is 111 Å². The normalized spacial score (nSPS) is 9.97. The summed E-state index contributed by atoms with van der Waals surface area (Å²) in [5.74, 6) is -5.20. The van der Waals surface area contributed by atoms with Gasteiger partial charge in [0.1, 0.15) is 0 Å². The van der Waals surface area contributed by atoms with E-state index in [9.17, 15) is 19.2 Å². The number of halogens is 1. The lowest BCUT2D eigenvalue weighted by atomic mass is 9.99. The minimum absolute atomic E-state index is 0.00335. The topological polar surface area (TPSA) is 105 Å². The van der Waals surface area contributed by atoms with E-state index in [1.807, 2.05) is 0 Å². The Morgan fingerprint density at radius 3 is 1.54 bits per heavy atom. The van der Waals surface area contributed by atoms with Gasteiger partial charge in [-0.3, -0.25) is 0 Å². The molecule has 0 amide bonds. The van der Waals surface area contributed by atoms with Crippen molar-refractivity contribution >= 4 is 23.9 Å². The fourth-order valence-corrected chi connectivity index (χ4v) is 3.22. The lowest BCUT2D eigenvalue weighted by Gasteiger charge is -2.14. The summed E-state index contributed by atoms with van der Waals surface area (Å²) in [5, 5.41) is 0. The summed E-state index contributed by atoms with van der Waals surface area (Å²) in [4.78, 5) is 46.8. The number of hydrogen-bond donors (Lipinski definition) is 0. The van der Waals surface area contributed by atoms with Gasteiger partial charge in [-0.1, -0.05) is 56.6 Å². The highest BCUT2D eigenvalue weighted by atomic mass is 19.1. The van der Waals surface area contributed by atoms with Gasteiger partial charge in [-0.15, -0.1) is 0 Å². The number of esters is 4. The van der Waals surface area contributed by atoms with E-state index < -0.39 is 35.4 Å². The standard InChI is InChI=1S/C30H21FO8/c1-5-25(32)36-22-15-13-20(17-24(22)38-27(34)7-3)18-9-11-19(12-10-18)21-14-16-23(37-26(33)6-2)30(29(21)31)39-28(35)8-4/h5-17H,1-4H2. The predicted octanol–water partition coefficient (Wildman–Crippen LogP) is 5.53. The molecule has 0 fully saturated rings. The van der Waals surface area contributed by atoms with Crippen molar-refractivity contribution in [3.63, 3.8) is 0 Å². The number of hydrogen-bond acceptors (Lipinski definition) is 8. The Kier molecular flexibility index (Phi) is 9.05. The summed E-state index contributed by atoms with van der Waals surface area (Å²) >= 11 is 0. The first-order valence-corrected chi connectivity index (χ1v) is 11.1. The smallest absolute Gasteiger partial charge is 0.335 e. The van der Waals surface area contributed by atoms with Gasteiger partial charge >= 0.3 is 23.9 Å². The molecule has 3 rings (SSSR count). The average molecular weight is 528 g/mol. The largest absolute Gasteiger partial charge is 0.419 e.